The predicted octanol–water partition coefficient (Wildman–Crippen LogP) is 3.28. The number of hydrazone groups is 1. The first-order valence-electron chi connectivity index (χ1n) is 7.69. The summed E-state index contributed by atoms with van der Waals surface area (Å²) in [5, 5.41) is 15.8. The van der Waals surface area contributed by atoms with Crippen molar-refractivity contribution >= 4 is 23.8 Å². The Morgan fingerprint density at radius 3 is 2.58 bits per heavy atom. The van der Waals surface area contributed by atoms with Crippen molar-refractivity contribution in [3.8, 4) is 6.07 Å². The van der Waals surface area contributed by atoms with Gasteiger partial charge in [-0.3, -0.25) is 0 Å². The smallest absolute Gasteiger partial charge is 0.144 e. The summed E-state index contributed by atoms with van der Waals surface area (Å²) in [4.78, 5) is 0. The first kappa shape index (κ1) is 18.1. The molecule has 5 nitrogen and oxygen atoms in total. The molecule has 0 fully saturated rings. The van der Waals surface area contributed by atoms with Crippen molar-refractivity contribution in [2.24, 2.45) is 10.8 Å². The van der Waals surface area contributed by atoms with Gasteiger partial charge in [-0.1, -0.05) is 19.1 Å². The summed E-state index contributed by atoms with van der Waals surface area (Å²) < 4.78 is 5.78. The number of allylic oxidation sites excluding steroid dienone is 1. The van der Waals surface area contributed by atoms with Crippen LogP contribution in [-0.4, -0.2) is 17.9 Å². The molecule has 2 heterocycles. The second-order valence-electron chi connectivity index (χ2n) is 6.20. The summed E-state index contributed by atoms with van der Waals surface area (Å²) in [6.07, 6.45) is 2.89. The van der Waals surface area contributed by atoms with Crippen molar-refractivity contribution in [1.29, 1.82) is 5.26 Å². The van der Waals surface area contributed by atoms with Crippen LogP contribution in [0.4, 0.5) is 5.69 Å². The van der Waals surface area contributed by atoms with Crippen LogP contribution in [0.15, 0.2) is 52.4 Å². The molecule has 0 saturated heterocycles. The van der Waals surface area contributed by atoms with E-state index in [0.717, 1.165) is 23.4 Å². The van der Waals surface area contributed by atoms with E-state index in [1.165, 1.54) is 5.56 Å². The summed E-state index contributed by atoms with van der Waals surface area (Å²) in [5.41, 5.74) is 9.84. The highest BCUT2D eigenvalue weighted by Crippen LogP contribution is 2.32. The highest BCUT2D eigenvalue weighted by atomic mass is 35.5. The molecule has 0 atom stereocenters. The highest BCUT2D eigenvalue weighted by Gasteiger charge is 2.33. The molecule has 0 aromatic heterocycles. The molecule has 0 aliphatic carbocycles. The molecule has 3 rings (SSSR count). The number of nitrogens with two attached hydrogens (primary N) is 1. The lowest BCUT2D eigenvalue weighted by atomic mass is 9.92. The molecule has 126 valence electrons. The van der Waals surface area contributed by atoms with Crippen LogP contribution in [0.5, 0.6) is 0 Å². The van der Waals surface area contributed by atoms with E-state index in [1.807, 2.05) is 44.2 Å². The molecule has 0 radical (unpaired) electrons. The Labute approximate surface area is 148 Å². The fourth-order valence-corrected chi connectivity index (χ4v) is 2.71. The number of nitrogens with zero attached hydrogens (tertiary/aromatic N) is 3. The van der Waals surface area contributed by atoms with Gasteiger partial charge in [0.15, 0.2) is 0 Å². The predicted molar refractivity (Wildman–Crippen MR) is 97.9 cm³/mol. The standard InChI is InChI=1S/C18H20N4O.ClH/c1-4-12-5-7-13(8-6-12)22-17(20)15(10-19)14-9-18(2,3)23-11-16(14)21-22;/h5-9H,4,11,20H2,1-3H3;1H. The number of halogens is 1. The summed E-state index contributed by atoms with van der Waals surface area (Å²) in [6.45, 7) is 6.38. The summed E-state index contributed by atoms with van der Waals surface area (Å²) >= 11 is 0. The van der Waals surface area contributed by atoms with E-state index >= 15 is 0 Å². The van der Waals surface area contributed by atoms with Gasteiger partial charge in [-0.25, -0.2) is 5.01 Å². The van der Waals surface area contributed by atoms with E-state index in [1.54, 1.807) is 5.01 Å². The van der Waals surface area contributed by atoms with Crippen molar-refractivity contribution < 1.29 is 4.74 Å². The molecular weight excluding hydrogens is 324 g/mol. The molecule has 2 aliphatic rings. The molecule has 0 unspecified atom stereocenters. The highest BCUT2D eigenvalue weighted by molar-refractivity contribution is 6.08. The maximum absolute atomic E-state index is 9.57. The number of hydrogen-bond donors (Lipinski definition) is 1. The number of nitriles is 1. The molecule has 2 aliphatic heterocycles. The van der Waals surface area contributed by atoms with Crippen LogP contribution in [0.25, 0.3) is 0 Å². The van der Waals surface area contributed by atoms with E-state index in [0.29, 0.717) is 18.0 Å². The zero-order valence-corrected chi connectivity index (χ0v) is 14.9. The zero-order chi connectivity index (χ0) is 16.6. The molecule has 0 saturated carbocycles. The molecule has 6 heteroatoms. The lowest BCUT2D eigenvalue weighted by Gasteiger charge is -2.34. The van der Waals surface area contributed by atoms with Gasteiger partial charge in [-0.15, -0.1) is 12.4 Å². The van der Waals surface area contributed by atoms with Crippen LogP contribution < -0.4 is 10.7 Å². The van der Waals surface area contributed by atoms with E-state index in [2.05, 4.69) is 18.1 Å². The van der Waals surface area contributed by atoms with Gasteiger partial charge in [-0.2, -0.15) is 10.4 Å². The fourth-order valence-electron chi connectivity index (χ4n) is 2.71. The minimum Gasteiger partial charge on any atom is -0.383 e. The Bertz CT molecular complexity index is 769. The molecule has 2 N–H and O–H groups in total. The Balaban J connectivity index is 0.00000208. The van der Waals surface area contributed by atoms with Crippen LogP contribution in [0, 0.1) is 11.3 Å². The molecule has 24 heavy (non-hydrogen) atoms. The molecule has 1 aromatic carbocycles. The maximum atomic E-state index is 9.57. The Morgan fingerprint density at radius 1 is 1.33 bits per heavy atom. The number of anilines is 1. The van der Waals surface area contributed by atoms with Gasteiger partial charge in [0, 0.05) is 5.57 Å². The molecular formula is C18H21ClN4O. The molecule has 0 amide bonds. The van der Waals surface area contributed by atoms with E-state index in [-0.39, 0.29) is 12.4 Å². The fraction of sp³-hybridized carbons (Fsp3) is 0.333. The van der Waals surface area contributed by atoms with Crippen molar-refractivity contribution in [3.05, 3.63) is 52.9 Å². The second kappa shape index (κ2) is 6.68. The van der Waals surface area contributed by atoms with Crippen molar-refractivity contribution in [2.75, 3.05) is 11.6 Å². The summed E-state index contributed by atoms with van der Waals surface area (Å²) in [5.74, 6) is 0.351. The third kappa shape index (κ3) is 3.16. The van der Waals surface area contributed by atoms with Crippen LogP contribution in [0.1, 0.15) is 26.3 Å². The number of benzene rings is 1. The molecule has 1 aromatic rings. The average molecular weight is 345 g/mol. The van der Waals surface area contributed by atoms with Crippen LogP contribution in [-0.2, 0) is 11.2 Å². The number of aryl methyl sites for hydroxylation is 1. The van der Waals surface area contributed by atoms with Gasteiger partial charge >= 0.3 is 0 Å². The third-order valence-corrected chi connectivity index (χ3v) is 4.06. The minimum absolute atomic E-state index is 0. The lowest BCUT2D eigenvalue weighted by molar-refractivity contribution is 0.0409. The largest absolute Gasteiger partial charge is 0.383 e. The van der Waals surface area contributed by atoms with Gasteiger partial charge in [0.2, 0.25) is 0 Å². The van der Waals surface area contributed by atoms with Gasteiger partial charge in [0.1, 0.15) is 17.5 Å². The Kier molecular flexibility index (Phi) is 5.02. The maximum Gasteiger partial charge on any atom is 0.144 e. The van der Waals surface area contributed by atoms with Crippen LogP contribution >= 0.6 is 12.4 Å². The monoisotopic (exact) mass is 344 g/mol. The SMILES string of the molecule is CCc1ccc(N2N=C3COC(C)(C)C=C3C(C#N)=C2N)cc1.Cl. The van der Waals surface area contributed by atoms with Crippen LogP contribution in [0.3, 0.4) is 0 Å². The quantitative estimate of drug-likeness (QED) is 0.893. The van der Waals surface area contributed by atoms with Gasteiger partial charge < -0.3 is 10.5 Å². The first-order valence-corrected chi connectivity index (χ1v) is 7.69. The van der Waals surface area contributed by atoms with Crippen molar-refractivity contribution in [2.45, 2.75) is 32.8 Å². The normalized spacial score (nSPS) is 18.8. The van der Waals surface area contributed by atoms with Crippen molar-refractivity contribution in [1.82, 2.24) is 0 Å². The third-order valence-electron chi connectivity index (χ3n) is 4.06. The zero-order valence-electron chi connectivity index (χ0n) is 14.0. The van der Waals surface area contributed by atoms with Crippen molar-refractivity contribution in [3.63, 3.8) is 0 Å². The summed E-state index contributed by atoms with van der Waals surface area (Å²) in [7, 11) is 0. The molecule has 0 bridgehead atoms. The first-order chi connectivity index (χ1) is 10.9. The van der Waals surface area contributed by atoms with E-state index in [4.69, 9.17) is 10.5 Å². The van der Waals surface area contributed by atoms with Gasteiger partial charge in [0.05, 0.1) is 23.6 Å². The van der Waals surface area contributed by atoms with Gasteiger partial charge in [0.25, 0.3) is 0 Å². The topological polar surface area (TPSA) is 74.6 Å². The Morgan fingerprint density at radius 2 is 2.00 bits per heavy atom. The van der Waals surface area contributed by atoms with Gasteiger partial charge in [-0.05, 0) is 44.0 Å². The minimum atomic E-state index is -0.429. The molecule has 0 spiro atoms. The van der Waals surface area contributed by atoms with Crippen LogP contribution in [0.2, 0.25) is 0 Å². The summed E-state index contributed by atoms with van der Waals surface area (Å²) in [6, 6.07) is 10.2. The van der Waals surface area contributed by atoms with E-state index < -0.39 is 5.60 Å². The number of fused-ring (bicyclic) bond motifs is 1. The number of rotatable bonds is 2. The number of hydrogen-bond acceptors (Lipinski definition) is 5. The van der Waals surface area contributed by atoms with E-state index in [9.17, 15) is 5.26 Å². The second-order valence-corrected chi connectivity index (χ2v) is 6.20. The average Bonchev–Trinajstić information content (AvgIpc) is 2.54. The number of ether oxygens (including phenoxy) is 1. The lowest BCUT2D eigenvalue weighted by Crippen LogP contribution is -2.39. The Hall–Kier alpha value is -2.29.